The van der Waals surface area contributed by atoms with E-state index in [0.29, 0.717) is 52.4 Å². The number of carbonyl (C=O) groups is 2. The SMILES string of the molecule is Cc1cc(Nc2ncnc(NC(=O)C3CC3)c2C)cc2c1C(=O)NC21CCCCC1(F)F. The third kappa shape index (κ3) is 3.22. The summed E-state index contributed by atoms with van der Waals surface area (Å²) in [4.78, 5) is 33.2. The molecular weight excluding hydrogens is 416 g/mol. The minimum Gasteiger partial charge on any atom is -0.340 e. The minimum atomic E-state index is -3.03. The Labute approximate surface area is 184 Å². The third-order valence-electron chi connectivity index (χ3n) is 6.80. The number of alkyl halides is 2. The van der Waals surface area contributed by atoms with Crippen molar-refractivity contribution in [3.05, 3.63) is 40.7 Å². The van der Waals surface area contributed by atoms with Gasteiger partial charge >= 0.3 is 0 Å². The quantitative estimate of drug-likeness (QED) is 0.656. The van der Waals surface area contributed by atoms with Crippen molar-refractivity contribution in [3.8, 4) is 0 Å². The monoisotopic (exact) mass is 441 g/mol. The fraction of sp³-hybridized carbons (Fsp3) is 0.478. The maximum atomic E-state index is 15.1. The van der Waals surface area contributed by atoms with Crippen LogP contribution in [0.25, 0.3) is 0 Å². The fourth-order valence-electron chi connectivity index (χ4n) is 4.84. The van der Waals surface area contributed by atoms with Crippen LogP contribution in [0.2, 0.25) is 0 Å². The lowest BCUT2D eigenvalue weighted by Gasteiger charge is -2.41. The molecular formula is C23H25F2N5O2. The van der Waals surface area contributed by atoms with Crippen molar-refractivity contribution in [3.63, 3.8) is 0 Å². The summed E-state index contributed by atoms with van der Waals surface area (Å²) in [6, 6.07) is 3.38. The van der Waals surface area contributed by atoms with Crippen molar-refractivity contribution in [2.24, 2.45) is 5.92 Å². The number of aryl methyl sites for hydroxylation is 1. The summed E-state index contributed by atoms with van der Waals surface area (Å²) in [6.45, 7) is 3.53. The minimum absolute atomic E-state index is 0.0403. The molecule has 0 bridgehead atoms. The van der Waals surface area contributed by atoms with Crippen LogP contribution in [0.1, 0.15) is 65.6 Å². The van der Waals surface area contributed by atoms with Gasteiger partial charge in [-0.25, -0.2) is 18.7 Å². The number of nitrogens with one attached hydrogen (secondary N) is 3. The molecule has 9 heteroatoms. The second kappa shape index (κ2) is 7.21. The smallest absolute Gasteiger partial charge is 0.274 e. The lowest BCUT2D eigenvalue weighted by Crippen LogP contribution is -2.55. The van der Waals surface area contributed by atoms with E-state index in [2.05, 4.69) is 25.9 Å². The van der Waals surface area contributed by atoms with E-state index in [1.54, 1.807) is 26.0 Å². The molecule has 168 valence electrons. The molecule has 1 aromatic heterocycles. The highest BCUT2D eigenvalue weighted by Gasteiger charge is 2.61. The average Bonchev–Trinajstić information content (AvgIpc) is 3.53. The van der Waals surface area contributed by atoms with Crippen LogP contribution >= 0.6 is 0 Å². The molecule has 2 aliphatic carbocycles. The molecule has 1 aromatic carbocycles. The van der Waals surface area contributed by atoms with E-state index in [4.69, 9.17) is 0 Å². The Morgan fingerprint density at radius 3 is 2.56 bits per heavy atom. The highest BCUT2D eigenvalue weighted by atomic mass is 19.3. The van der Waals surface area contributed by atoms with Crippen LogP contribution in [-0.2, 0) is 10.3 Å². The van der Waals surface area contributed by atoms with Gasteiger partial charge in [-0.05, 0) is 62.8 Å². The molecule has 0 radical (unpaired) electrons. The van der Waals surface area contributed by atoms with Gasteiger partial charge in [-0.3, -0.25) is 9.59 Å². The first-order valence-electron chi connectivity index (χ1n) is 11.0. The van der Waals surface area contributed by atoms with Gasteiger partial charge in [0.2, 0.25) is 5.91 Å². The van der Waals surface area contributed by atoms with E-state index in [9.17, 15) is 9.59 Å². The van der Waals surface area contributed by atoms with Crippen molar-refractivity contribution >= 4 is 29.1 Å². The average molecular weight is 441 g/mol. The van der Waals surface area contributed by atoms with Crippen LogP contribution in [0.3, 0.4) is 0 Å². The van der Waals surface area contributed by atoms with Crippen LogP contribution < -0.4 is 16.0 Å². The van der Waals surface area contributed by atoms with Gasteiger partial charge in [-0.1, -0.05) is 6.42 Å². The van der Waals surface area contributed by atoms with E-state index in [-0.39, 0.29) is 24.7 Å². The number of hydrogen-bond donors (Lipinski definition) is 3. The molecule has 32 heavy (non-hydrogen) atoms. The molecule has 2 aromatic rings. The summed E-state index contributed by atoms with van der Waals surface area (Å²) in [6.07, 6.45) is 4.13. The Kier molecular flexibility index (Phi) is 4.69. The van der Waals surface area contributed by atoms with Gasteiger partial charge in [0.05, 0.1) is 0 Å². The van der Waals surface area contributed by atoms with Crippen molar-refractivity contribution in [2.75, 3.05) is 10.6 Å². The van der Waals surface area contributed by atoms with E-state index < -0.39 is 17.4 Å². The maximum Gasteiger partial charge on any atom is 0.274 e. The zero-order valence-electron chi connectivity index (χ0n) is 18.0. The molecule has 7 nitrogen and oxygen atoms in total. The summed E-state index contributed by atoms with van der Waals surface area (Å²) in [5, 5.41) is 8.64. The molecule has 5 rings (SSSR count). The van der Waals surface area contributed by atoms with Gasteiger partial charge in [-0.15, -0.1) is 0 Å². The van der Waals surface area contributed by atoms with E-state index in [1.165, 1.54) is 6.33 Å². The zero-order valence-corrected chi connectivity index (χ0v) is 18.0. The standard InChI is InChI=1S/C23H25F2N5O2/c1-12-9-15(28-18-13(2)19(27-11-26-18)29-20(31)14-5-6-14)10-16-17(12)21(32)30-22(16)7-3-4-8-23(22,24)25/h9-11,14H,3-8H2,1-2H3,(H,30,32)(H2,26,27,28,29,31). The Hall–Kier alpha value is -3.10. The van der Waals surface area contributed by atoms with Crippen molar-refractivity contribution in [1.29, 1.82) is 0 Å². The number of aromatic nitrogens is 2. The first-order valence-corrected chi connectivity index (χ1v) is 11.0. The molecule has 1 unspecified atom stereocenters. The molecule has 3 N–H and O–H groups in total. The third-order valence-corrected chi connectivity index (χ3v) is 6.80. The first-order chi connectivity index (χ1) is 15.2. The Morgan fingerprint density at radius 2 is 1.84 bits per heavy atom. The highest BCUT2D eigenvalue weighted by molar-refractivity contribution is 6.02. The number of amides is 2. The van der Waals surface area contributed by atoms with E-state index in [1.807, 2.05) is 0 Å². The molecule has 2 fully saturated rings. The molecule has 2 amide bonds. The van der Waals surface area contributed by atoms with Crippen LogP contribution in [0.5, 0.6) is 0 Å². The summed E-state index contributed by atoms with van der Waals surface area (Å²) in [5.41, 5.74) is 0.808. The predicted molar refractivity (Wildman–Crippen MR) is 115 cm³/mol. The summed E-state index contributed by atoms with van der Waals surface area (Å²) in [7, 11) is 0. The number of benzene rings is 1. The number of fused-ring (bicyclic) bond motifs is 2. The van der Waals surface area contributed by atoms with E-state index in [0.717, 1.165) is 12.8 Å². The Balaban J connectivity index is 1.50. The number of nitrogens with zero attached hydrogens (tertiary/aromatic N) is 2. The summed E-state index contributed by atoms with van der Waals surface area (Å²) in [5.74, 6) is -2.61. The van der Waals surface area contributed by atoms with Crippen molar-refractivity contribution in [2.45, 2.75) is 63.8 Å². The maximum absolute atomic E-state index is 15.1. The molecule has 2 heterocycles. The number of hydrogen-bond acceptors (Lipinski definition) is 5. The molecule has 1 spiro atoms. The van der Waals surface area contributed by atoms with Crippen LogP contribution in [0, 0.1) is 19.8 Å². The van der Waals surface area contributed by atoms with Gasteiger partial charge in [0.15, 0.2) is 0 Å². The normalized spacial score (nSPS) is 23.6. The fourth-order valence-corrected chi connectivity index (χ4v) is 4.84. The second-order valence-corrected chi connectivity index (χ2v) is 9.07. The number of halogens is 2. The zero-order chi connectivity index (χ0) is 22.7. The number of carbonyl (C=O) groups excluding carboxylic acids is 2. The van der Waals surface area contributed by atoms with E-state index >= 15 is 8.78 Å². The lowest BCUT2D eigenvalue weighted by atomic mass is 9.74. The summed E-state index contributed by atoms with van der Waals surface area (Å²) < 4.78 is 30.2. The molecule has 0 saturated heterocycles. The lowest BCUT2D eigenvalue weighted by molar-refractivity contribution is -0.117. The molecule has 3 aliphatic rings. The van der Waals surface area contributed by atoms with Gasteiger partial charge in [0.1, 0.15) is 23.5 Å². The predicted octanol–water partition coefficient (Wildman–Crippen LogP) is 4.33. The topological polar surface area (TPSA) is 96.0 Å². The highest BCUT2D eigenvalue weighted by Crippen LogP contribution is 2.52. The summed E-state index contributed by atoms with van der Waals surface area (Å²) >= 11 is 0. The van der Waals surface area contributed by atoms with Gasteiger partial charge in [-0.2, -0.15) is 0 Å². The van der Waals surface area contributed by atoms with Gasteiger partial charge in [0.25, 0.3) is 11.8 Å². The van der Waals surface area contributed by atoms with Crippen molar-refractivity contribution < 1.29 is 18.4 Å². The Morgan fingerprint density at radius 1 is 1.12 bits per heavy atom. The number of rotatable bonds is 4. The molecule has 2 saturated carbocycles. The van der Waals surface area contributed by atoms with Crippen LogP contribution in [0.4, 0.5) is 26.1 Å². The van der Waals surface area contributed by atoms with Crippen molar-refractivity contribution in [1.82, 2.24) is 15.3 Å². The number of anilines is 3. The van der Waals surface area contributed by atoms with Crippen LogP contribution in [0.15, 0.2) is 18.5 Å². The van der Waals surface area contributed by atoms with Crippen LogP contribution in [-0.4, -0.2) is 27.7 Å². The van der Waals surface area contributed by atoms with Gasteiger partial charge < -0.3 is 16.0 Å². The Bertz CT molecular complexity index is 1130. The molecule has 1 atom stereocenters. The first kappa shape index (κ1) is 20.8. The molecule has 1 aliphatic heterocycles. The largest absolute Gasteiger partial charge is 0.340 e. The van der Waals surface area contributed by atoms with Gasteiger partial charge in [0, 0.05) is 29.2 Å². The second-order valence-electron chi connectivity index (χ2n) is 9.07.